The second-order valence-electron chi connectivity index (χ2n) is 5.37. The summed E-state index contributed by atoms with van der Waals surface area (Å²) in [7, 11) is 0. The minimum absolute atomic E-state index is 0.306. The Morgan fingerprint density at radius 2 is 1.50 bits per heavy atom. The first-order valence-electron chi connectivity index (χ1n) is 7.06. The minimum atomic E-state index is -0.495. The molecule has 1 amide bonds. The van der Waals surface area contributed by atoms with E-state index in [9.17, 15) is 9.59 Å². The molecule has 114 valence electrons. The van der Waals surface area contributed by atoms with Gasteiger partial charge in [0.2, 0.25) is 0 Å². The summed E-state index contributed by atoms with van der Waals surface area (Å²) in [6, 6.07) is 12.9. The van der Waals surface area contributed by atoms with E-state index in [-0.39, 0.29) is 12.5 Å². The lowest BCUT2D eigenvalue weighted by Gasteiger charge is -2.08. The third-order valence-electron chi connectivity index (χ3n) is 3.13. The van der Waals surface area contributed by atoms with Crippen LogP contribution < -0.4 is 5.32 Å². The number of amides is 1. The molecule has 0 aromatic heterocycles. The molecule has 4 nitrogen and oxygen atoms in total. The number of carbonyl (C=O) groups excluding carboxylic acids is 2. The zero-order valence-corrected chi connectivity index (χ0v) is 13.0. The van der Waals surface area contributed by atoms with Crippen LogP contribution in [0.5, 0.6) is 0 Å². The van der Waals surface area contributed by atoms with Crippen molar-refractivity contribution in [2.45, 2.75) is 20.8 Å². The normalized spacial score (nSPS) is 10.1. The van der Waals surface area contributed by atoms with Crippen LogP contribution in [0.15, 0.2) is 42.5 Å². The first-order valence-corrected chi connectivity index (χ1v) is 7.06. The zero-order valence-electron chi connectivity index (χ0n) is 13.0. The van der Waals surface area contributed by atoms with Crippen molar-refractivity contribution in [2.75, 3.05) is 11.9 Å². The van der Waals surface area contributed by atoms with Crippen molar-refractivity contribution < 1.29 is 14.3 Å². The van der Waals surface area contributed by atoms with Crippen molar-refractivity contribution in [2.24, 2.45) is 0 Å². The number of aryl methyl sites for hydroxylation is 3. The molecule has 2 rings (SSSR count). The predicted molar refractivity (Wildman–Crippen MR) is 86.0 cm³/mol. The van der Waals surface area contributed by atoms with E-state index in [2.05, 4.69) is 5.32 Å². The summed E-state index contributed by atoms with van der Waals surface area (Å²) in [5.41, 5.74) is 4.21. The lowest BCUT2D eigenvalue weighted by Crippen LogP contribution is -2.21. The fourth-order valence-electron chi connectivity index (χ4n) is 2.14. The monoisotopic (exact) mass is 297 g/mol. The molecule has 0 atom stereocenters. The number of esters is 1. The Balaban J connectivity index is 1.90. The SMILES string of the molecule is Cc1ccc(NC(=O)COC(=O)c2cc(C)cc(C)c2)cc1. The van der Waals surface area contributed by atoms with Crippen LogP contribution in [-0.4, -0.2) is 18.5 Å². The van der Waals surface area contributed by atoms with Crippen LogP contribution in [0.4, 0.5) is 5.69 Å². The van der Waals surface area contributed by atoms with Crippen LogP contribution in [0.3, 0.4) is 0 Å². The quantitative estimate of drug-likeness (QED) is 0.880. The summed E-state index contributed by atoms with van der Waals surface area (Å²) in [6.07, 6.45) is 0. The van der Waals surface area contributed by atoms with E-state index >= 15 is 0 Å². The third kappa shape index (κ3) is 4.45. The van der Waals surface area contributed by atoms with Crippen molar-refractivity contribution in [3.63, 3.8) is 0 Å². The van der Waals surface area contributed by atoms with Crippen LogP contribution in [0.25, 0.3) is 0 Å². The zero-order chi connectivity index (χ0) is 16.1. The van der Waals surface area contributed by atoms with E-state index in [1.165, 1.54) is 0 Å². The van der Waals surface area contributed by atoms with Gasteiger partial charge in [-0.15, -0.1) is 0 Å². The van der Waals surface area contributed by atoms with Gasteiger partial charge in [-0.3, -0.25) is 4.79 Å². The molecule has 1 N–H and O–H groups in total. The van der Waals surface area contributed by atoms with E-state index in [4.69, 9.17) is 4.74 Å². The van der Waals surface area contributed by atoms with Gasteiger partial charge in [-0.25, -0.2) is 4.79 Å². The fraction of sp³-hybridized carbons (Fsp3) is 0.222. The van der Waals surface area contributed by atoms with Gasteiger partial charge in [0.1, 0.15) is 0 Å². The summed E-state index contributed by atoms with van der Waals surface area (Å²) in [5, 5.41) is 2.68. The van der Waals surface area contributed by atoms with Gasteiger partial charge >= 0.3 is 5.97 Å². The Morgan fingerprint density at radius 3 is 2.09 bits per heavy atom. The van der Waals surface area contributed by atoms with Crippen LogP contribution in [0, 0.1) is 20.8 Å². The molecule has 0 aliphatic heterocycles. The first kappa shape index (κ1) is 15.8. The third-order valence-corrected chi connectivity index (χ3v) is 3.13. The van der Waals surface area contributed by atoms with Crippen LogP contribution in [0.2, 0.25) is 0 Å². The van der Waals surface area contributed by atoms with Gasteiger partial charge in [0.15, 0.2) is 6.61 Å². The molecule has 0 fully saturated rings. The molecule has 0 aliphatic carbocycles. The number of benzene rings is 2. The molecular weight excluding hydrogens is 278 g/mol. The van der Waals surface area contributed by atoms with Gasteiger partial charge in [-0.05, 0) is 45.0 Å². The molecule has 0 spiro atoms. The van der Waals surface area contributed by atoms with Crippen molar-refractivity contribution in [1.82, 2.24) is 0 Å². The minimum Gasteiger partial charge on any atom is -0.452 e. The molecule has 4 heteroatoms. The van der Waals surface area contributed by atoms with Gasteiger partial charge in [-0.2, -0.15) is 0 Å². The van der Waals surface area contributed by atoms with Crippen molar-refractivity contribution in [1.29, 1.82) is 0 Å². The van der Waals surface area contributed by atoms with Crippen molar-refractivity contribution in [3.8, 4) is 0 Å². The van der Waals surface area contributed by atoms with Crippen molar-refractivity contribution >= 4 is 17.6 Å². The van der Waals surface area contributed by atoms with Gasteiger partial charge in [0, 0.05) is 5.69 Å². The van der Waals surface area contributed by atoms with E-state index in [1.807, 2.05) is 39.0 Å². The molecule has 0 saturated heterocycles. The van der Waals surface area contributed by atoms with Crippen LogP contribution >= 0.6 is 0 Å². The Hall–Kier alpha value is -2.62. The highest BCUT2D eigenvalue weighted by molar-refractivity contribution is 5.95. The molecule has 0 heterocycles. The second-order valence-corrected chi connectivity index (χ2v) is 5.37. The first-order chi connectivity index (χ1) is 10.4. The number of hydrogen-bond acceptors (Lipinski definition) is 3. The van der Waals surface area contributed by atoms with Gasteiger partial charge in [0.05, 0.1) is 5.56 Å². The van der Waals surface area contributed by atoms with Crippen molar-refractivity contribution in [3.05, 3.63) is 64.7 Å². The summed E-state index contributed by atoms with van der Waals surface area (Å²) in [5.74, 6) is -0.854. The van der Waals surface area contributed by atoms with E-state index in [0.717, 1.165) is 16.7 Å². The summed E-state index contributed by atoms with van der Waals surface area (Å²) in [4.78, 5) is 23.7. The maximum absolute atomic E-state index is 11.9. The largest absolute Gasteiger partial charge is 0.452 e. The predicted octanol–water partition coefficient (Wildman–Crippen LogP) is 3.41. The number of nitrogens with one attached hydrogen (secondary N) is 1. The van der Waals surface area contributed by atoms with Crippen LogP contribution in [0.1, 0.15) is 27.0 Å². The average Bonchev–Trinajstić information content (AvgIpc) is 2.46. The van der Waals surface area contributed by atoms with Crippen LogP contribution in [-0.2, 0) is 9.53 Å². The Morgan fingerprint density at radius 1 is 0.909 bits per heavy atom. The Kier molecular flexibility index (Phi) is 4.94. The summed E-state index contributed by atoms with van der Waals surface area (Å²) in [6.45, 7) is 5.48. The lowest BCUT2D eigenvalue weighted by molar-refractivity contribution is -0.119. The van der Waals surface area contributed by atoms with E-state index in [1.54, 1.807) is 24.3 Å². The number of carbonyl (C=O) groups is 2. The molecule has 0 aliphatic rings. The van der Waals surface area contributed by atoms with Gasteiger partial charge in [0.25, 0.3) is 5.91 Å². The highest BCUT2D eigenvalue weighted by Crippen LogP contribution is 2.11. The van der Waals surface area contributed by atoms with Gasteiger partial charge < -0.3 is 10.1 Å². The Labute approximate surface area is 130 Å². The molecule has 2 aromatic rings. The van der Waals surface area contributed by atoms with E-state index in [0.29, 0.717) is 11.3 Å². The molecule has 0 bridgehead atoms. The standard InChI is InChI=1S/C18H19NO3/c1-12-4-6-16(7-5-12)19-17(20)11-22-18(21)15-9-13(2)8-14(3)10-15/h4-10H,11H2,1-3H3,(H,19,20). The smallest absolute Gasteiger partial charge is 0.338 e. The number of hydrogen-bond donors (Lipinski definition) is 1. The Bertz CT molecular complexity index is 670. The summed E-state index contributed by atoms with van der Waals surface area (Å²) >= 11 is 0. The fourth-order valence-corrected chi connectivity index (χ4v) is 2.14. The molecule has 0 radical (unpaired) electrons. The molecule has 0 unspecified atom stereocenters. The molecular formula is C18H19NO3. The van der Waals surface area contributed by atoms with E-state index < -0.39 is 5.97 Å². The maximum atomic E-state index is 11.9. The highest BCUT2D eigenvalue weighted by Gasteiger charge is 2.11. The number of rotatable bonds is 4. The number of anilines is 1. The highest BCUT2D eigenvalue weighted by atomic mass is 16.5. The molecule has 22 heavy (non-hydrogen) atoms. The second kappa shape index (κ2) is 6.89. The number of ether oxygens (including phenoxy) is 1. The molecule has 2 aromatic carbocycles. The average molecular weight is 297 g/mol. The van der Waals surface area contributed by atoms with Gasteiger partial charge in [-0.1, -0.05) is 34.9 Å². The lowest BCUT2D eigenvalue weighted by atomic mass is 10.1. The molecule has 0 saturated carbocycles. The maximum Gasteiger partial charge on any atom is 0.338 e. The summed E-state index contributed by atoms with van der Waals surface area (Å²) < 4.78 is 5.04. The topological polar surface area (TPSA) is 55.4 Å².